The van der Waals surface area contributed by atoms with Gasteiger partial charge in [-0.05, 0) is 0 Å². The summed E-state index contributed by atoms with van der Waals surface area (Å²) in [6, 6.07) is 9.64. The van der Waals surface area contributed by atoms with E-state index in [0.29, 0.717) is 10.5 Å². The van der Waals surface area contributed by atoms with Gasteiger partial charge in [-0.2, -0.15) is 11.8 Å². The fourth-order valence-electron chi connectivity index (χ4n) is 2.79. The van der Waals surface area contributed by atoms with Crippen molar-refractivity contribution < 1.29 is 4.79 Å². The summed E-state index contributed by atoms with van der Waals surface area (Å²) >= 11 is 2.05. The standard InChI is InChI=1S/C16H23NOS/c1-12(16(18)15-7-5-4-6-8-15)9-17-10-13(2)19-14(3)11-17/h4-8,12-14H,9-11H2,1-3H3. The Labute approximate surface area is 120 Å². The lowest BCUT2D eigenvalue weighted by atomic mass is 9.98. The second-order valence-electron chi connectivity index (χ2n) is 5.61. The molecule has 1 fully saturated rings. The Kier molecular flexibility index (Phi) is 5.06. The topological polar surface area (TPSA) is 20.3 Å². The summed E-state index contributed by atoms with van der Waals surface area (Å²) in [7, 11) is 0. The van der Waals surface area contributed by atoms with Gasteiger partial charge < -0.3 is 4.90 Å². The average molecular weight is 277 g/mol. The molecule has 0 saturated carbocycles. The van der Waals surface area contributed by atoms with Crippen LogP contribution in [0.1, 0.15) is 31.1 Å². The number of thioether (sulfide) groups is 1. The van der Waals surface area contributed by atoms with Gasteiger partial charge in [0, 0.05) is 41.6 Å². The number of benzene rings is 1. The number of rotatable bonds is 4. The molecule has 1 aliphatic heterocycles. The zero-order valence-corrected chi connectivity index (χ0v) is 12.8. The third-order valence-corrected chi connectivity index (χ3v) is 4.76. The molecule has 0 spiro atoms. The third-order valence-electron chi connectivity index (χ3n) is 3.53. The number of hydrogen-bond acceptors (Lipinski definition) is 3. The van der Waals surface area contributed by atoms with E-state index in [1.165, 1.54) is 0 Å². The normalized spacial score (nSPS) is 26.1. The zero-order valence-electron chi connectivity index (χ0n) is 12.0. The largest absolute Gasteiger partial charge is 0.300 e. The Morgan fingerprint density at radius 3 is 2.42 bits per heavy atom. The molecule has 1 aromatic carbocycles. The fraction of sp³-hybridized carbons (Fsp3) is 0.562. The Morgan fingerprint density at radius 1 is 1.26 bits per heavy atom. The van der Waals surface area contributed by atoms with Crippen molar-refractivity contribution in [1.82, 2.24) is 4.90 Å². The molecule has 0 aromatic heterocycles. The van der Waals surface area contributed by atoms with E-state index in [1.807, 2.05) is 37.3 Å². The van der Waals surface area contributed by atoms with Crippen LogP contribution in [0.5, 0.6) is 0 Å². The number of ketones is 1. The predicted octanol–water partition coefficient (Wildman–Crippen LogP) is 3.33. The summed E-state index contributed by atoms with van der Waals surface area (Å²) in [6.45, 7) is 9.67. The lowest BCUT2D eigenvalue weighted by Crippen LogP contribution is -2.43. The lowest BCUT2D eigenvalue weighted by Gasteiger charge is -2.35. The number of hydrogen-bond donors (Lipinski definition) is 0. The van der Waals surface area contributed by atoms with Crippen molar-refractivity contribution in [3.05, 3.63) is 35.9 Å². The van der Waals surface area contributed by atoms with Crippen LogP contribution in [0.3, 0.4) is 0 Å². The van der Waals surface area contributed by atoms with E-state index in [0.717, 1.165) is 25.2 Å². The predicted molar refractivity (Wildman–Crippen MR) is 82.9 cm³/mol. The Morgan fingerprint density at radius 2 is 1.84 bits per heavy atom. The molecule has 3 atom stereocenters. The molecule has 1 aromatic rings. The van der Waals surface area contributed by atoms with Crippen LogP contribution in [-0.2, 0) is 0 Å². The van der Waals surface area contributed by atoms with Crippen molar-refractivity contribution in [3.63, 3.8) is 0 Å². The van der Waals surface area contributed by atoms with Crippen molar-refractivity contribution in [2.45, 2.75) is 31.3 Å². The van der Waals surface area contributed by atoms with E-state index in [-0.39, 0.29) is 11.7 Å². The van der Waals surface area contributed by atoms with E-state index in [2.05, 4.69) is 30.5 Å². The van der Waals surface area contributed by atoms with E-state index in [9.17, 15) is 4.79 Å². The number of carbonyl (C=O) groups is 1. The van der Waals surface area contributed by atoms with Gasteiger partial charge in [0.05, 0.1) is 0 Å². The molecule has 1 heterocycles. The molecule has 0 N–H and O–H groups in total. The minimum absolute atomic E-state index is 0.0740. The fourth-order valence-corrected chi connectivity index (χ4v) is 4.18. The van der Waals surface area contributed by atoms with E-state index in [4.69, 9.17) is 0 Å². The maximum absolute atomic E-state index is 12.3. The van der Waals surface area contributed by atoms with Crippen molar-refractivity contribution in [1.29, 1.82) is 0 Å². The third kappa shape index (κ3) is 4.08. The van der Waals surface area contributed by atoms with E-state index >= 15 is 0 Å². The zero-order chi connectivity index (χ0) is 13.8. The van der Waals surface area contributed by atoms with E-state index < -0.39 is 0 Å². The SMILES string of the molecule is CC1CN(CC(C)C(=O)c2ccccc2)CC(C)S1. The Hall–Kier alpha value is -0.800. The smallest absolute Gasteiger partial charge is 0.166 e. The van der Waals surface area contributed by atoms with Gasteiger partial charge in [0.2, 0.25) is 0 Å². The highest BCUT2D eigenvalue weighted by atomic mass is 32.2. The number of nitrogens with zero attached hydrogens (tertiary/aromatic N) is 1. The summed E-state index contributed by atoms with van der Waals surface area (Å²) in [5.41, 5.74) is 0.836. The maximum Gasteiger partial charge on any atom is 0.166 e. The summed E-state index contributed by atoms with van der Waals surface area (Å²) in [5.74, 6) is 0.337. The highest BCUT2D eigenvalue weighted by Crippen LogP contribution is 2.25. The van der Waals surface area contributed by atoms with Crippen LogP contribution in [0.2, 0.25) is 0 Å². The summed E-state index contributed by atoms with van der Waals surface area (Å²) in [6.07, 6.45) is 0. The van der Waals surface area contributed by atoms with Crippen molar-refractivity contribution in [2.75, 3.05) is 19.6 Å². The quantitative estimate of drug-likeness (QED) is 0.787. The molecule has 3 heteroatoms. The van der Waals surface area contributed by atoms with Crippen molar-refractivity contribution in [3.8, 4) is 0 Å². The van der Waals surface area contributed by atoms with Gasteiger partial charge in [-0.25, -0.2) is 0 Å². The maximum atomic E-state index is 12.3. The highest BCUT2D eigenvalue weighted by molar-refractivity contribution is 8.00. The van der Waals surface area contributed by atoms with Crippen molar-refractivity contribution in [2.24, 2.45) is 5.92 Å². The minimum Gasteiger partial charge on any atom is -0.300 e. The summed E-state index contributed by atoms with van der Waals surface area (Å²) in [5, 5.41) is 1.34. The van der Waals surface area contributed by atoms with E-state index in [1.54, 1.807) is 0 Å². The van der Waals surface area contributed by atoms with Gasteiger partial charge in [0.25, 0.3) is 0 Å². The van der Waals surface area contributed by atoms with Crippen LogP contribution in [-0.4, -0.2) is 40.8 Å². The van der Waals surface area contributed by atoms with Crippen LogP contribution < -0.4 is 0 Å². The number of Topliss-reactive ketones (excluding diaryl/α,β-unsaturated/α-hetero) is 1. The minimum atomic E-state index is 0.0740. The molecule has 0 radical (unpaired) electrons. The van der Waals surface area contributed by atoms with Gasteiger partial charge in [-0.1, -0.05) is 51.1 Å². The highest BCUT2D eigenvalue weighted by Gasteiger charge is 2.25. The summed E-state index contributed by atoms with van der Waals surface area (Å²) < 4.78 is 0. The number of carbonyl (C=O) groups excluding carboxylic acids is 1. The molecule has 1 saturated heterocycles. The molecule has 0 aliphatic carbocycles. The first-order chi connectivity index (χ1) is 9.06. The molecule has 1 aliphatic rings. The average Bonchev–Trinajstić information content (AvgIpc) is 2.37. The van der Waals surface area contributed by atoms with Crippen LogP contribution in [0.4, 0.5) is 0 Å². The van der Waals surface area contributed by atoms with Gasteiger partial charge in [-0.15, -0.1) is 0 Å². The molecule has 104 valence electrons. The van der Waals surface area contributed by atoms with Gasteiger partial charge in [-0.3, -0.25) is 4.79 Å². The molecule has 0 bridgehead atoms. The first-order valence-corrected chi connectivity index (χ1v) is 7.97. The summed E-state index contributed by atoms with van der Waals surface area (Å²) in [4.78, 5) is 14.8. The molecular weight excluding hydrogens is 254 g/mol. The van der Waals surface area contributed by atoms with Crippen LogP contribution in [0, 0.1) is 5.92 Å². The second-order valence-corrected chi connectivity index (χ2v) is 7.49. The van der Waals surface area contributed by atoms with Crippen LogP contribution >= 0.6 is 11.8 Å². The monoisotopic (exact) mass is 277 g/mol. The first kappa shape index (κ1) is 14.6. The second kappa shape index (κ2) is 6.58. The van der Waals surface area contributed by atoms with Crippen molar-refractivity contribution >= 4 is 17.5 Å². The van der Waals surface area contributed by atoms with Crippen LogP contribution in [0.25, 0.3) is 0 Å². The van der Waals surface area contributed by atoms with Gasteiger partial charge >= 0.3 is 0 Å². The van der Waals surface area contributed by atoms with Crippen LogP contribution in [0.15, 0.2) is 30.3 Å². The molecule has 2 rings (SSSR count). The molecule has 2 nitrogen and oxygen atoms in total. The molecular formula is C16H23NOS. The lowest BCUT2D eigenvalue weighted by molar-refractivity contribution is 0.0892. The van der Waals surface area contributed by atoms with Gasteiger partial charge in [0.1, 0.15) is 0 Å². The Bertz CT molecular complexity index is 410. The van der Waals surface area contributed by atoms with Gasteiger partial charge in [0.15, 0.2) is 5.78 Å². The molecule has 0 amide bonds. The first-order valence-electron chi connectivity index (χ1n) is 7.03. The Balaban J connectivity index is 1.93. The molecule has 19 heavy (non-hydrogen) atoms. The molecule has 3 unspecified atom stereocenters.